The highest BCUT2D eigenvalue weighted by atomic mass is 16.5. The van der Waals surface area contributed by atoms with Crippen molar-refractivity contribution in [3.05, 3.63) is 138 Å². The van der Waals surface area contributed by atoms with Crippen LogP contribution < -0.4 is 10.1 Å². The van der Waals surface area contributed by atoms with E-state index < -0.39 is 12.1 Å². The summed E-state index contributed by atoms with van der Waals surface area (Å²) >= 11 is 0. The fraction of sp³-hybridized carbons (Fsp3) is 0.255. The van der Waals surface area contributed by atoms with Gasteiger partial charge in [-0.25, -0.2) is 14.8 Å². The molecule has 0 spiro atoms. The Morgan fingerprint density at radius 3 is 2.40 bits per heavy atom. The third-order valence-electron chi connectivity index (χ3n) is 10.9. The zero-order valence-electron chi connectivity index (χ0n) is 33.8. The smallest absolute Gasteiger partial charge is 0.407 e. The molecule has 13 nitrogen and oxygen atoms in total. The number of nitrogens with zero attached hydrogens (tertiary/aromatic N) is 4. The van der Waals surface area contributed by atoms with Crippen LogP contribution in [0.1, 0.15) is 61.0 Å². The number of aromatic amines is 2. The number of H-pyrrole nitrogens is 2. The van der Waals surface area contributed by atoms with Crippen molar-refractivity contribution in [2.45, 2.75) is 51.2 Å². The Balaban J connectivity index is 0.975. The first-order valence-electron chi connectivity index (χ1n) is 20.1. The van der Waals surface area contributed by atoms with Gasteiger partial charge in [0.2, 0.25) is 5.91 Å². The lowest BCUT2D eigenvalue weighted by molar-refractivity contribution is -0.134. The molecule has 8 rings (SSSR count). The minimum atomic E-state index is -0.894. The second kappa shape index (κ2) is 17.8. The summed E-state index contributed by atoms with van der Waals surface area (Å²) in [5.74, 6) is 2.52. The van der Waals surface area contributed by atoms with Crippen LogP contribution >= 0.6 is 0 Å². The van der Waals surface area contributed by atoms with Gasteiger partial charge in [-0.2, -0.15) is 0 Å². The van der Waals surface area contributed by atoms with Gasteiger partial charge in [-0.1, -0.05) is 73.7 Å². The Labute approximate surface area is 347 Å². The summed E-state index contributed by atoms with van der Waals surface area (Å²) in [5, 5.41) is 3.62. The molecular weight excluding hydrogens is 759 g/mol. The molecular formula is C47H47N7O6. The van der Waals surface area contributed by atoms with Gasteiger partial charge in [0.25, 0.3) is 5.91 Å². The normalized spacial score (nSPS) is 14.2. The number of alkyl carbamates (subject to hydrolysis) is 1. The summed E-state index contributed by atoms with van der Waals surface area (Å²) in [5.41, 5.74) is 6.59. The van der Waals surface area contributed by atoms with Crippen LogP contribution in [-0.2, 0) is 27.3 Å². The number of hydrogen-bond donors (Lipinski definition) is 3. The van der Waals surface area contributed by atoms with Crippen molar-refractivity contribution in [2.24, 2.45) is 0 Å². The van der Waals surface area contributed by atoms with E-state index in [1.54, 1.807) is 24.4 Å². The molecule has 0 radical (unpaired) electrons. The number of benzene rings is 4. The van der Waals surface area contributed by atoms with Crippen molar-refractivity contribution in [2.75, 3.05) is 27.3 Å². The number of nitrogens with one attached hydrogen (secondary N) is 3. The number of furan rings is 1. The van der Waals surface area contributed by atoms with Crippen LogP contribution in [0.15, 0.2) is 120 Å². The summed E-state index contributed by atoms with van der Waals surface area (Å²) in [4.78, 5) is 59.3. The zero-order chi connectivity index (χ0) is 41.6. The van der Waals surface area contributed by atoms with Crippen LogP contribution in [0.5, 0.6) is 5.75 Å². The van der Waals surface area contributed by atoms with Crippen molar-refractivity contribution in [3.8, 4) is 39.6 Å². The number of rotatable bonds is 14. The number of fused-ring (bicyclic) bond motifs is 1. The molecule has 1 fully saturated rings. The van der Waals surface area contributed by atoms with Gasteiger partial charge in [0.15, 0.2) is 0 Å². The number of amides is 3. The summed E-state index contributed by atoms with van der Waals surface area (Å²) in [7, 11) is 2.91. The molecule has 0 aliphatic carbocycles. The molecule has 3 N–H and O–H groups in total. The molecule has 4 heterocycles. The minimum absolute atomic E-state index is 0.0632. The van der Waals surface area contributed by atoms with Gasteiger partial charge in [0.05, 0.1) is 62.6 Å². The first-order valence-corrected chi connectivity index (χ1v) is 20.1. The second-order valence-corrected chi connectivity index (χ2v) is 14.9. The van der Waals surface area contributed by atoms with Crippen LogP contribution in [-0.4, -0.2) is 75.0 Å². The summed E-state index contributed by atoms with van der Waals surface area (Å²) in [6.07, 6.45) is 5.62. The van der Waals surface area contributed by atoms with Gasteiger partial charge in [-0.3, -0.25) is 9.59 Å². The molecule has 1 aliphatic rings. The quantitative estimate of drug-likeness (QED) is 0.0986. The van der Waals surface area contributed by atoms with Gasteiger partial charge < -0.3 is 39.0 Å². The molecule has 4 aromatic carbocycles. The lowest BCUT2D eigenvalue weighted by atomic mass is 10.0. The number of aromatic nitrogens is 4. The number of imidazole rings is 2. The number of hydrogen-bond acceptors (Lipinski definition) is 8. The molecule has 13 heteroatoms. The fourth-order valence-corrected chi connectivity index (χ4v) is 7.86. The van der Waals surface area contributed by atoms with Crippen LogP contribution in [0.25, 0.3) is 44.8 Å². The van der Waals surface area contributed by atoms with Crippen LogP contribution in [0.3, 0.4) is 0 Å². The van der Waals surface area contributed by atoms with Crippen LogP contribution in [0, 0.1) is 0 Å². The lowest BCUT2D eigenvalue weighted by Gasteiger charge is -2.28. The summed E-state index contributed by atoms with van der Waals surface area (Å²) in [6.45, 7) is 3.63. The Hall–Kier alpha value is -7.15. The maximum atomic E-state index is 14.0. The van der Waals surface area contributed by atoms with E-state index >= 15 is 0 Å². The first-order chi connectivity index (χ1) is 29.3. The lowest BCUT2D eigenvalue weighted by Crippen LogP contribution is -2.42. The van der Waals surface area contributed by atoms with E-state index in [0.717, 1.165) is 58.3 Å². The van der Waals surface area contributed by atoms with Gasteiger partial charge >= 0.3 is 6.09 Å². The van der Waals surface area contributed by atoms with Crippen LogP contribution in [0.2, 0.25) is 0 Å². The van der Waals surface area contributed by atoms with Crippen molar-refractivity contribution < 1.29 is 28.3 Å². The van der Waals surface area contributed by atoms with E-state index in [2.05, 4.69) is 27.2 Å². The number of carbonyl (C=O) groups is 3. The van der Waals surface area contributed by atoms with E-state index in [4.69, 9.17) is 18.9 Å². The summed E-state index contributed by atoms with van der Waals surface area (Å²) in [6, 6.07) is 31.6. The maximum absolute atomic E-state index is 14.0. The second-order valence-electron chi connectivity index (χ2n) is 14.9. The minimum Gasteiger partial charge on any atom is -0.496 e. The molecule has 1 saturated heterocycles. The number of carbonyl (C=O) groups excluding carboxylic acids is 3. The van der Waals surface area contributed by atoms with Crippen molar-refractivity contribution >= 4 is 28.9 Å². The Kier molecular flexibility index (Phi) is 11.8. The molecule has 2 atom stereocenters. The molecule has 3 aromatic heterocycles. The first kappa shape index (κ1) is 39.7. The molecule has 0 saturated carbocycles. The molecule has 0 bridgehead atoms. The maximum Gasteiger partial charge on any atom is 0.407 e. The molecule has 7 aromatic rings. The monoisotopic (exact) mass is 805 g/mol. The highest BCUT2D eigenvalue weighted by Crippen LogP contribution is 2.39. The van der Waals surface area contributed by atoms with Crippen molar-refractivity contribution in [1.82, 2.24) is 35.1 Å². The fourth-order valence-electron chi connectivity index (χ4n) is 7.86. The van der Waals surface area contributed by atoms with Crippen molar-refractivity contribution in [3.63, 3.8) is 0 Å². The summed E-state index contributed by atoms with van der Waals surface area (Å²) < 4.78 is 17.1. The molecule has 3 amide bonds. The average Bonchev–Trinajstić information content (AvgIpc) is 4.12. The zero-order valence-corrected chi connectivity index (χ0v) is 33.8. The van der Waals surface area contributed by atoms with E-state index in [1.807, 2.05) is 108 Å². The standard InChI is InChI=1S/C47H47N7O6/c1-4-21-53(43(55)23-30-12-7-5-8-13-30)29-42-48-27-36(50-42)33-17-19-35(40(25-33)58-2)41-26-34-24-32(18-20-39(34)60-41)37-28-49-45(51-37)38-16-11-22-54(38)46(56)44(52-47(57)59-3)31-14-9-6-10-15-31/h5-10,12-15,17-20,24-28,38,44H,4,11,16,21-23,29H2,1-3H3,(H,48,50)(H,49,51)(H,52,57)/t38-,44+/m0/s1. The largest absolute Gasteiger partial charge is 0.496 e. The third kappa shape index (κ3) is 8.51. The van der Waals surface area contributed by atoms with E-state index in [0.29, 0.717) is 60.4 Å². The molecule has 60 heavy (non-hydrogen) atoms. The highest BCUT2D eigenvalue weighted by Gasteiger charge is 2.37. The predicted octanol–water partition coefficient (Wildman–Crippen LogP) is 8.63. The van der Waals surface area contributed by atoms with E-state index in [-0.39, 0.29) is 17.9 Å². The van der Waals surface area contributed by atoms with Crippen molar-refractivity contribution in [1.29, 1.82) is 0 Å². The van der Waals surface area contributed by atoms with E-state index in [9.17, 15) is 14.4 Å². The number of methoxy groups -OCH3 is 2. The predicted molar refractivity (Wildman–Crippen MR) is 228 cm³/mol. The van der Waals surface area contributed by atoms with Gasteiger partial charge in [-0.05, 0) is 66.8 Å². The SMILES string of the molecule is CCCN(Cc1ncc(-c2ccc(-c3cc4cc(-c5cnc([C@@H]6CCCN6C(=O)[C@H](NC(=O)OC)c6ccccc6)[nH]5)ccc4o3)c(OC)c2)[nH]1)C(=O)Cc1ccccc1. The van der Waals surface area contributed by atoms with Gasteiger partial charge in [0, 0.05) is 29.6 Å². The molecule has 0 unspecified atom stereocenters. The number of ether oxygens (including phenoxy) is 2. The molecule has 1 aliphatic heterocycles. The highest BCUT2D eigenvalue weighted by molar-refractivity contribution is 5.89. The van der Waals surface area contributed by atoms with E-state index in [1.165, 1.54) is 7.11 Å². The third-order valence-corrected chi connectivity index (χ3v) is 10.9. The Bertz CT molecular complexity index is 2600. The topological polar surface area (TPSA) is 159 Å². The Morgan fingerprint density at radius 1 is 0.900 bits per heavy atom. The van der Waals surface area contributed by atoms with Gasteiger partial charge in [0.1, 0.15) is 34.8 Å². The number of likely N-dealkylation sites (tertiary alicyclic amines) is 1. The van der Waals surface area contributed by atoms with Gasteiger partial charge in [-0.15, -0.1) is 0 Å². The van der Waals surface area contributed by atoms with Crippen LogP contribution in [0.4, 0.5) is 4.79 Å². The average molecular weight is 806 g/mol. The Morgan fingerprint density at radius 2 is 1.63 bits per heavy atom. The molecule has 306 valence electrons.